The molecule has 2 aromatic rings. The van der Waals surface area contributed by atoms with Gasteiger partial charge in [-0.3, -0.25) is 9.59 Å². The molecule has 1 aliphatic heterocycles. The second-order valence-electron chi connectivity index (χ2n) is 7.50. The number of hydrogen-bond acceptors (Lipinski definition) is 4. The predicted molar refractivity (Wildman–Crippen MR) is 109 cm³/mol. The molecule has 29 heavy (non-hydrogen) atoms. The molecule has 3 rings (SSSR count). The molecule has 1 amide bonds. The van der Waals surface area contributed by atoms with E-state index in [0.717, 1.165) is 11.1 Å². The first kappa shape index (κ1) is 20.9. The number of methoxy groups -OCH3 is 1. The molecular weight excluding hydrogens is 370 g/mol. The van der Waals surface area contributed by atoms with Gasteiger partial charge in [-0.05, 0) is 30.0 Å². The van der Waals surface area contributed by atoms with Crippen LogP contribution in [-0.2, 0) is 20.7 Å². The zero-order valence-electron chi connectivity index (χ0n) is 16.7. The lowest BCUT2D eigenvalue weighted by Crippen LogP contribution is -2.53. The van der Waals surface area contributed by atoms with Gasteiger partial charge in [0.2, 0.25) is 0 Å². The Labute approximate surface area is 171 Å². The number of piperidine rings is 1. The lowest BCUT2D eigenvalue weighted by atomic mass is 9.80. The molecule has 0 spiro atoms. The van der Waals surface area contributed by atoms with E-state index < -0.39 is 11.4 Å². The number of aliphatic carboxylic acids is 1. The van der Waals surface area contributed by atoms with E-state index in [0.29, 0.717) is 31.6 Å². The molecule has 1 aliphatic rings. The Morgan fingerprint density at radius 2 is 1.83 bits per heavy atom. The van der Waals surface area contributed by atoms with E-state index in [9.17, 15) is 14.7 Å². The fourth-order valence-electron chi connectivity index (χ4n) is 3.81. The number of rotatable bonds is 8. The lowest BCUT2D eigenvalue weighted by molar-refractivity contribution is -0.159. The van der Waals surface area contributed by atoms with Gasteiger partial charge >= 0.3 is 5.97 Å². The topological polar surface area (TPSA) is 76.1 Å². The van der Waals surface area contributed by atoms with Crippen LogP contribution in [0.3, 0.4) is 0 Å². The van der Waals surface area contributed by atoms with Crippen molar-refractivity contribution in [1.82, 2.24) is 4.90 Å². The zero-order chi connectivity index (χ0) is 20.7. The van der Waals surface area contributed by atoms with Gasteiger partial charge in [-0.2, -0.15) is 0 Å². The third-order valence-electron chi connectivity index (χ3n) is 5.37. The molecule has 1 heterocycles. The number of ether oxygens (including phenoxy) is 2. The molecule has 2 aromatic carbocycles. The van der Waals surface area contributed by atoms with Crippen LogP contribution in [0.2, 0.25) is 0 Å². The molecule has 6 heteroatoms. The molecular formula is C23H27NO5. The highest BCUT2D eigenvalue weighted by molar-refractivity contribution is 5.80. The zero-order valence-corrected chi connectivity index (χ0v) is 16.7. The highest BCUT2D eigenvalue weighted by atomic mass is 16.5. The fourth-order valence-corrected chi connectivity index (χ4v) is 3.81. The smallest absolute Gasteiger partial charge is 0.313 e. The van der Waals surface area contributed by atoms with E-state index in [1.54, 1.807) is 4.90 Å². The largest absolute Gasteiger partial charge is 0.483 e. The van der Waals surface area contributed by atoms with Crippen molar-refractivity contribution in [3.63, 3.8) is 0 Å². The summed E-state index contributed by atoms with van der Waals surface area (Å²) in [5.74, 6) is -0.463. The van der Waals surface area contributed by atoms with Crippen molar-refractivity contribution < 1.29 is 24.2 Å². The van der Waals surface area contributed by atoms with Crippen LogP contribution in [-0.4, -0.2) is 55.3 Å². The van der Waals surface area contributed by atoms with Gasteiger partial charge in [0, 0.05) is 26.6 Å². The molecule has 0 bridgehead atoms. The summed E-state index contributed by atoms with van der Waals surface area (Å²) in [5, 5.41) is 9.65. The Balaban J connectivity index is 1.64. The number of carboxylic acid groups (broad SMARTS) is 1. The van der Waals surface area contributed by atoms with E-state index in [1.807, 2.05) is 42.5 Å². The summed E-state index contributed by atoms with van der Waals surface area (Å²) in [7, 11) is 1.48. The van der Waals surface area contributed by atoms with Crippen molar-refractivity contribution in [2.75, 3.05) is 33.4 Å². The van der Waals surface area contributed by atoms with Gasteiger partial charge in [0.15, 0.2) is 6.61 Å². The summed E-state index contributed by atoms with van der Waals surface area (Å²) in [4.78, 5) is 26.1. The Morgan fingerprint density at radius 3 is 2.55 bits per heavy atom. The lowest BCUT2D eigenvalue weighted by Gasteiger charge is -2.39. The average molecular weight is 397 g/mol. The van der Waals surface area contributed by atoms with Crippen LogP contribution >= 0.6 is 0 Å². The van der Waals surface area contributed by atoms with Gasteiger partial charge in [0.05, 0.1) is 6.61 Å². The minimum atomic E-state index is -1.05. The molecule has 6 nitrogen and oxygen atoms in total. The van der Waals surface area contributed by atoms with Crippen LogP contribution in [0, 0.1) is 5.41 Å². The molecule has 0 radical (unpaired) electrons. The van der Waals surface area contributed by atoms with Crippen molar-refractivity contribution in [1.29, 1.82) is 0 Å². The third kappa shape index (κ3) is 5.15. The van der Waals surface area contributed by atoms with Gasteiger partial charge in [-0.15, -0.1) is 0 Å². The number of para-hydroxylation sites is 1. The Hall–Kier alpha value is -2.86. The third-order valence-corrected chi connectivity index (χ3v) is 5.37. The first-order chi connectivity index (χ1) is 14.0. The summed E-state index contributed by atoms with van der Waals surface area (Å²) in [6.45, 7) is 0.651. The summed E-state index contributed by atoms with van der Waals surface area (Å²) in [5.41, 5.74) is 1.12. The van der Waals surface area contributed by atoms with Gasteiger partial charge < -0.3 is 19.5 Å². The molecule has 0 aliphatic carbocycles. The number of carbonyl (C=O) groups excluding carboxylic acids is 1. The first-order valence-electron chi connectivity index (χ1n) is 9.79. The average Bonchev–Trinajstić information content (AvgIpc) is 2.74. The van der Waals surface area contributed by atoms with E-state index in [2.05, 4.69) is 12.1 Å². The highest BCUT2D eigenvalue weighted by Gasteiger charge is 2.43. The van der Waals surface area contributed by atoms with Crippen LogP contribution < -0.4 is 4.74 Å². The van der Waals surface area contributed by atoms with Crippen LogP contribution in [0.15, 0.2) is 54.6 Å². The van der Waals surface area contributed by atoms with Crippen molar-refractivity contribution >= 4 is 11.9 Å². The number of benzene rings is 2. The van der Waals surface area contributed by atoms with E-state index >= 15 is 0 Å². The molecule has 1 atom stereocenters. The molecule has 0 aromatic heterocycles. The van der Waals surface area contributed by atoms with Crippen LogP contribution in [0.4, 0.5) is 0 Å². The monoisotopic (exact) mass is 397 g/mol. The predicted octanol–water partition coefficient (Wildman–Crippen LogP) is 3.00. The van der Waals surface area contributed by atoms with Crippen LogP contribution in [0.25, 0.3) is 0 Å². The Morgan fingerprint density at radius 1 is 1.10 bits per heavy atom. The highest BCUT2D eigenvalue weighted by Crippen LogP contribution is 2.31. The van der Waals surface area contributed by atoms with Crippen molar-refractivity contribution in [3.05, 3.63) is 65.7 Å². The Bertz CT molecular complexity index is 834. The maximum Gasteiger partial charge on any atom is 0.313 e. The summed E-state index contributed by atoms with van der Waals surface area (Å²) >= 11 is 0. The van der Waals surface area contributed by atoms with Crippen LogP contribution in [0.1, 0.15) is 24.0 Å². The normalized spacial score (nSPS) is 19.0. The number of amides is 1. The standard InChI is InChI=1S/C23H27NO5/c1-28-17-23(22(26)27)12-7-13-24(16-23)21(25)15-29-20-11-6-5-10-19(20)14-18-8-3-2-4-9-18/h2-6,8-11H,7,12-17H2,1H3,(H,26,27). The van der Waals surface area contributed by atoms with Crippen molar-refractivity contribution in [2.24, 2.45) is 5.41 Å². The van der Waals surface area contributed by atoms with Gasteiger partial charge in [0.1, 0.15) is 11.2 Å². The van der Waals surface area contributed by atoms with Gasteiger partial charge in [-0.1, -0.05) is 48.5 Å². The second kappa shape index (κ2) is 9.56. The molecule has 154 valence electrons. The first-order valence-corrected chi connectivity index (χ1v) is 9.79. The number of nitrogens with zero attached hydrogens (tertiary/aromatic N) is 1. The number of carbonyl (C=O) groups is 2. The summed E-state index contributed by atoms with van der Waals surface area (Å²) < 4.78 is 11.0. The van der Waals surface area contributed by atoms with E-state index in [4.69, 9.17) is 9.47 Å². The molecule has 1 fully saturated rings. The molecule has 1 N–H and O–H groups in total. The molecule has 1 unspecified atom stereocenters. The Kier molecular flexibility index (Phi) is 6.88. The maximum atomic E-state index is 12.7. The van der Waals surface area contributed by atoms with E-state index in [1.165, 1.54) is 7.11 Å². The molecule has 1 saturated heterocycles. The van der Waals surface area contributed by atoms with Gasteiger partial charge in [0.25, 0.3) is 5.91 Å². The quantitative estimate of drug-likeness (QED) is 0.741. The fraction of sp³-hybridized carbons (Fsp3) is 0.391. The summed E-state index contributed by atoms with van der Waals surface area (Å²) in [6.07, 6.45) is 1.84. The number of carboxylic acids is 1. The van der Waals surface area contributed by atoms with Crippen molar-refractivity contribution in [3.8, 4) is 5.75 Å². The number of hydrogen-bond donors (Lipinski definition) is 1. The minimum Gasteiger partial charge on any atom is -0.483 e. The number of likely N-dealkylation sites (tertiary alicyclic amines) is 1. The van der Waals surface area contributed by atoms with Crippen molar-refractivity contribution in [2.45, 2.75) is 19.3 Å². The van der Waals surface area contributed by atoms with E-state index in [-0.39, 0.29) is 25.7 Å². The summed E-state index contributed by atoms with van der Waals surface area (Å²) in [6, 6.07) is 17.7. The molecule has 0 saturated carbocycles. The van der Waals surface area contributed by atoms with Gasteiger partial charge in [-0.25, -0.2) is 0 Å². The van der Waals surface area contributed by atoms with Crippen LogP contribution in [0.5, 0.6) is 5.75 Å². The SMILES string of the molecule is COCC1(C(=O)O)CCCN(C(=O)COc2ccccc2Cc2ccccc2)C1. The minimum absolute atomic E-state index is 0.0902. The second-order valence-corrected chi connectivity index (χ2v) is 7.50. The maximum absolute atomic E-state index is 12.7.